The third-order valence-corrected chi connectivity index (χ3v) is 5.07. The third-order valence-electron chi connectivity index (χ3n) is 5.07. The Labute approximate surface area is 170 Å². The number of carbonyl (C=O) groups excluding carboxylic acids is 2. The minimum atomic E-state index is -0.287. The van der Waals surface area contributed by atoms with Gasteiger partial charge in [-0.05, 0) is 31.5 Å². The van der Waals surface area contributed by atoms with Gasteiger partial charge in [0.15, 0.2) is 0 Å². The predicted molar refractivity (Wildman–Crippen MR) is 110 cm³/mol. The first-order chi connectivity index (χ1) is 14.0. The van der Waals surface area contributed by atoms with Crippen molar-refractivity contribution < 1.29 is 9.59 Å². The molecule has 0 saturated carbocycles. The Morgan fingerprint density at radius 3 is 2.41 bits per heavy atom. The van der Waals surface area contributed by atoms with Crippen molar-refractivity contribution in [3.63, 3.8) is 0 Å². The molecule has 0 aliphatic carbocycles. The summed E-state index contributed by atoms with van der Waals surface area (Å²) in [5, 5.41) is 7.22. The van der Waals surface area contributed by atoms with E-state index in [0.29, 0.717) is 38.4 Å². The van der Waals surface area contributed by atoms with Gasteiger partial charge in [0.1, 0.15) is 5.69 Å². The standard InChI is InChI=1S/C21H27N5O3/c1-3-16(2)22-19(27)15-24-11-13-25(14-12-24)21(29)18-9-10-20(28)26(23-18)17-7-5-4-6-8-17/h4-10,16H,3,11-15H2,1-2H3,(H,22,27). The zero-order valence-corrected chi connectivity index (χ0v) is 16.9. The monoisotopic (exact) mass is 397 g/mol. The van der Waals surface area contributed by atoms with Crippen LogP contribution in [-0.4, -0.2) is 70.2 Å². The van der Waals surface area contributed by atoms with Crippen LogP contribution in [0.1, 0.15) is 30.8 Å². The van der Waals surface area contributed by atoms with Gasteiger partial charge in [-0.15, -0.1) is 0 Å². The van der Waals surface area contributed by atoms with Crippen molar-refractivity contribution in [2.24, 2.45) is 0 Å². The Bertz CT molecular complexity index is 904. The van der Waals surface area contributed by atoms with Gasteiger partial charge in [0.05, 0.1) is 12.2 Å². The molecule has 2 heterocycles. The summed E-state index contributed by atoms with van der Waals surface area (Å²) in [5.41, 5.74) is 0.561. The van der Waals surface area contributed by atoms with Gasteiger partial charge in [0.25, 0.3) is 11.5 Å². The van der Waals surface area contributed by atoms with Crippen LogP contribution in [-0.2, 0) is 4.79 Å². The van der Waals surface area contributed by atoms with Gasteiger partial charge in [0.2, 0.25) is 5.91 Å². The van der Waals surface area contributed by atoms with Crippen molar-refractivity contribution in [2.45, 2.75) is 26.3 Å². The summed E-state index contributed by atoms with van der Waals surface area (Å²) in [6, 6.07) is 12.0. The van der Waals surface area contributed by atoms with Crippen molar-refractivity contribution in [2.75, 3.05) is 32.7 Å². The highest BCUT2D eigenvalue weighted by atomic mass is 16.2. The lowest BCUT2D eigenvalue weighted by Gasteiger charge is -2.34. The van der Waals surface area contributed by atoms with Gasteiger partial charge in [0, 0.05) is 38.3 Å². The highest BCUT2D eigenvalue weighted by Crippen LogP contribution is 2.08. The molecule has 1 aliphatic rings. The number of carbonyl (C=O) groups is 2. The lowest BCUT2D eigenvalue weighted by molar-refractivity contribution is -0.123. The molecule has 1 saturated heterocycles. The number of para-hydroxylation sites is 1. The molecular weight excluding hydrogens is 370 g/mol. The van der Waals surface area contributed by atoms with E-state index < -0.39 is 0 Å². The maximum absolute atomic E-state index is 12.9. The second-order valence-electron chi connectivity index (χ2n) is 7.25. The number of rotatable bonds is 6. The van der Waals surface area contributed by atoms with Gasteiger partial charge in [-0.1, -0.05) is 25.1 Å². The van der Waals surface area contributed by atoms with Crippen LogP contribution in [0.2, 0.25) is 0 Å². The lowest BCUT2D eigenvalue weighted by Crippen LogP contribution is -2.52. The van der Waals surface area contributed by atoms with E-state index in [1.807, 2.05) is 36.9 Å². The number of nitrogens with zero attached hydrogens (tertiary/aromatic N) is 4. The van der Waals surface area contributed by atoms with Crippen LogP contribution in [0.5, 0.6) is 0 Å². The maximum Gasteiger partial charge on any atom is 0.274 e. The summed E-state index contributed by atoms with van der Waals surface area (Å²) < 4.78 is 1.24. The molecule has 0 radical (unpaired) electrons. The predicted octanol–water partition coefficient (Wildman–Crippen LogP) is 0.905. The smallest absolute Gasteiger partial charge is 0.274 e. The first-order valence-corrected chi connectivity index (χ1v) is 9.94. The molecule has 3 rings (SSSR count). The molecule has 1 N–H and O–H groups in total. The van der Waals surface area contributed by atoms with Gasteiger partial charge in [-0.25, -0.2) is 0 Å². The zero-order valence-electron chi connectivity index (χ0n) is 16.9. The molecule has 1 aliphatic heterocycles. The Kier molecular flexibility index (Phi) is 6.77. The highest BCUT2D eigenvalue weighted by molar-refractivity contribution is 5.92. The Hall–Kier alpha value is -3.00. The molecule has 2 aromatic rings. The molecule has 0 spiro atoms. The van der Waals surface area contributed by atoms with E-state index in [0.717, 1.165) is 6.42 Å². The van der Waals surface area contributed by atoms with Crippen LogP contribution < -0.4 is 10.9 Å². The van der Waals surface area contributed by atoms with Crippen molar-refractivity contribution in [1.29, 1.82) is 0 Å². The van der Waals surface area contributed by atoms with Crippen molar-refractivity contribution in [3.05, 3.63) is 58.5 Å². The number of piperazine rings is 1. The molecule has 1 fully saturated rings. The highest BCUT2D eigenvalue weighted by Gasteiger charge is 2.24. The van der Waals surface area contributed by atoms with Gasteiger partial charge in [-0.2, -0.15) is 9.78 Å². The van der Waals surface area contributed by atoms with Gasteiger partial charge < -0.3 is 10.2 Å². The molecular formula is C21H27N5O3. The van der Waals surface area contributed by atoms with E-state index in [1.54, 1.807) is 17.0 Å². The third kappa shape index (κ3) is 5.29. The fourth-order valence-corrected chi connectivity index (χ4v) is 3.18. The summed E-state index contributed by atoms with van der Waals surface area (Å²) in [4.78, 5) is 40.8. The Morgan fingerprint density at radius 1 is 1.07 bits per heavy atom. The lowest BCUT2D eigenvalue weighted by atomic mass is 10.2. The molecule has 1 atom stereocenters. The second kappa shape index (κ2) is 9.47. The molecule has 8 nitrogen and oxygen atoms in total. The van der Waals surface area contributed by atoms with Crippen LogP contribution in [0.4, 0.5) is 0 Å². The molecule has 154 valence electrons. The number of hydrogen-bond acceptors (Lipinski definition) is 5. The molecule has 1 aromatic carbocycles. The van der Waals surface area contributed by atoms with Crippen LogP contribution in [0, 0.1) is 0 Å². The van der Waals surface area contributed by atoms with E-state index in [2.05, 4.69) is 10.4 Å². The average molecular weight is 397 g/mol. The first-order valence-electron chi connectivity index (χ1n) is 9.94. The minimum Gasteiger partial charge on any atom is -0.353 e. The number of aromatic nitrogens is 2. The topological polar surface area (TPSA) is 87.5 Å². The fraction of sp³-hybridized carbons (Fsp3) is 0.429. The average Bonchev–Trinajstić information content (AvgIpc) is 2.74. The summed E-state index contributed by atoms with van der Waals surface area (Å²) >= 11 is 0. The van der Waals surface area contributed by atoms with E-state index in [4.69, 9.17) is 0 Å². The van der Waals surface area contributed by atoms with Crippen LogP contribution in [0.25, 0.3) is 5.69 Å². The normalized spacial score (nSPS) is 15.7. The molecule has 1 unspecified atom stereocenters. The molecule has 8 heteroatoms. The summed E-state index contributed by atoms with van der Waals surface area (Å²) in [7, 11) is 0. The summed E-state index contributed by atoms with van der Waals surface area (Å²) in [5.74, 6) is -0.200. The summed E-state index contributed by atoms with van der Waals surface area (Å²) in [6.45, 7) is 6.63. The Morgan fingerprint density at radius 2 is 1.76 bits per heavy atom. The first kappa shape index (κ1) is 20.7. The largest absolute Gasteiger partial charge is 0.353 e. The molecule has 29 heavy (non-hydrogen) atoms. The molecule has 0 bridgehead atoms. The van der Waals surface area contributed by atoms with Gasteiger partial charge in [-0.3, -0.25) is 19.3 Å². The van der Waals surface area contributed by atoms with Crippen molar-refractivity contribution in [3.8, 4) is 5.69 Å². The Balaban J connectivity index is 1.61. The number of benzene rings is 1. The minimum absolute atomic E-state index is 0.00994. The molecule has 2 amide bonds. The SMILES string of the molecule is CCC(C)NC(=O)CN1CCN(C(=O)c2ccc(=O)n(-c3ccccc3)n2)CC1. The quantitative estimate of drug-likeness (QED) is 0.783. The van der Waals surface area contributed by atoms with Crippen LogP contribution >= 0.6 is 0 Å². The summed E-state index contributed by atoms with van der Waals surface area (Å²) in [6.07, 6.45) is 0.895. The van der Waals surface area contributed by atoms with E-state index in [1.165, 1.54) is 16.8 Å². The second-order valence-corrected chi connectivity index (χ2v) is 7.25. The van der Waals surface area contributed by atoms with Crippen LogP contribution in [0.3, 0.4) is 0 Å². The van der Waals surface area contributed by atoms with Crippen molar-refractivity contribution in [1.82, 2.24) is 24.9 Å². The van der Waals surface area contributed by atoms with E-state index in [-0.39, 0.29) is 29.1 Å². The number of nitrogens with one attached hydrogen (secondary N) is 1. The fourth-order valence-electron chi connectivity index (χ4n) is 3.18. The maximum atomic E-state index is 12.9. The van der Waals surface area contributed by atoms with E-state index >= 15 is 0 Å². The van der Waals surface area contributed by atoms with Crippen molar-refractivity contribution >= 4 is 11.8 Å². The number of amides is 2. The zero-order chi connectivity index (χ0) is 20.8. The van der Waals surface area contributed by atoms with Gasteiger partial charge >= 0.3 is 0 Å². The van der Waals surface area contributed by atoms with E-state index in [9.17, 15) is 14.4 Å². The number of hydrogen-bond donors (Lipinski definition) is 1. The molecule has 1 aromatic heterocycles. The van der Waals surface area contributed by atoms with Crippen LogP contribution in [0.15, 0.2) is 47.3 Å².